The molecule has 1 aromatic carbocycles. The van der Waals surface area contributed by atoms with Gasteiger partial charge in [0, 0.05) is 11.6 Å². The van der Waals surface area contributed by atoms with E-state index in [2.05, 4.69) is 10.2 Å². The van der Waals surface area contributed by atoms with Crippen molar-refractivity contribution in [2.45, 2.75) is 38.8 Å². The lowest BCUT2D eigenvalue weighted by Crippen LogP contribution is -2.52. The summed E-state index contributed by atoms with van der Waals surface area (Å²) < 4.78 is 18.2. The lowest BCUT2D eigenvalue weighted by Gasteiger charge is -2.40. The van der Waals surface area contributed by atoms with Gasteiger partial charge in [0.1, 0.15) is 5.75 Å². The lowest BCUT2D eigenvalue weighted by atomic mass is 9.98. The Hall–Kier alpha value is -0.830. The fourth-order valence-corrected chi connectivity index (χ4v) is 4.40. The average Bonchev–Trinajstić information content (AvgIpc) is 2.13. The van der Waals surface area contributed by atoms with Crippen molar-refractivity contribution >= 4 is 7.67 Å². The molecule has 0 aliphatic carbocycles. The highest BCUT2D eigenvalue weighted by Crippen LogP contribution is 2.45. The minimum absolute atomic E-state index is 0.167. The van der Waals surface area contributed by atoms with Crippen molar-refractivity contribution in [3.05, 3.63) is 30.3 Å². The summed E-state index contributed by atoms with van der Waals surface area (Å²) in [6.07, 6.45) is 0.912. The third-order valence-corrected chi connectivity index (χ3v) is 4.78. The zero-order valence-electron chi connectivity index (χ0n) is 10.4. The van der Waals surface area contributed by atoms with Gasteiger partial charge in [-0.05, 0) is 39.3 Å². The van der Waals surface area contributed by atoms with Gasteiger partial charge in [0.15, 0.2) is 0 Å². The minimum atomic E-state index is -3.01. The number of hydrogen-bond acceptors (Lipinski definition) is 2. The second kappa shape index (κ2) is 4.45. The molecule has 2 rings (SSSR count). The van der Waals surface area contributed by atoms with Crippen LogP contribution in [0.1, 0.15) is 27.2 Å². The van der Waals surface area contributed by atoms with Gasteiger partial charge in [-0.15, -0.1) is 0 Å². The molecule has 1 aliphatic heterocycles. The maximum absolute atomic E-state index is 12.6. The molecule has 0 aromatic heterocycles. The summed E-state index contributed by atoms with van der Waals surface area (Å²) in [6, 6.07) is 9.39. The van der Waals surface area contributed by atoms with E-state index < -0.39 is 7.67 Å². The molecule has 1 saturated heterocycles. The number of rotatable bonds is 2. The van der Waals surface area contributed by atoms with Crippen molar-refractivity contribution in [3.8, 4) is 5.75 Å². The van der Waals surface area contributed by atoms with Crippen LogP contribution in [0.5, 0.6) is 5.75 Å². The Kier molecular flexibility index (Phi) is 3.30. The van der Waals surface area contributed by atoms with E-state index in [9.17, 15) is 4.57 Å². The molecule has 17 heavy (non-hydrogen) atoms. The minimum Gasteiger partial charge on any atom is -0.422 e. The molecule has 1 heterocycles. The van der Waals surface area contributed by atoms with E-state index >= 15 is 0 Å². The topological polar surface area (TPSA) is 50.4 Å². The van der Waals surface area contributed by atoms with E-state index in [1.165, 1.54) is 0 Å². The van der Waals surface area contributed by atoms with Gasteiger partial charge in [0.05, 0.1) is 0 Å². The van der Waals surface area contributed by atoms with Crippen LogP contribution >= 0.6 is 7.67 Å². The van der Waals surface area contributed by atoms with Crippen LogP contribution in [-0.2, 0) is 4.57 Å². The zero-order valence-corrected chi connectivity index (χ0v) is 11.3. The van der Waals surface area contributed by atoms with Gasteiger partial charge in [-0.3, -0.25) is 0 Å². The van der Waals surface area contributed by atoms with Crippen LogP contribution < -0.4 is 14.7 Å². The Morgan fingerprint density at radius 1 is 1.35 bits per heavy atom. The van der Waals surface area contributed by atoms with Crippen LogP contribution in [0.15, 0.2) is 30.3 Å². The maximum Gasteiger partial charge on any atom is 0.391 e. The maximum atomic E-state index is 12.6. The molecule has 1 aromatic rings. The summed E-state index contributed by atoms with van der Waals surface area (Å²) in [7, 11) is -3.01. The fraction of sp³-hybridized carbons (Fsp3) is 0.500. The Morgan fingerprint density at radius 3 is 2.59 bits per heavy atom. The molecule has 5 heteroatoms. The van der Waals surface area contributed by atoms with Gasteiger partial charge in [0.25, 0.3) is 0 Å². The Morgan fingerprint density at radius 2 is 2.00 bits per heavy atom. The summed E-state index contributed by atoms with van der Waals surface area (Å²) in [6.45, 7) is 6.08. The Balaban J connectivity index is 2.16. The molecule has 0 radical (unpaired) electrons. The molecule has 0 bridgehead atoms. The molecular formula is C12H19N2O2P. The highest BCUT2D eigenvalue weighted by molar-refractivity contribution is 7.55. The summed E-state index contributed by atoms with van der Waals surface area (Å²) in [5, 5.41) is 6.09. The van der Waals surface area contributed by atoms with Crippen molar-refractivity contribution in [1.29, 1.82) is 0 Å². The monoisotopic (exact) mass is 254 g/mol. The second-order valence-corrected chi connectivity index (χ2v) is 6.95. The normalized spacial score (nSPS) is 32.1. The van der Waals surface area contributed by atoms with E-state index in [0.29, 0.717) is 5.75 Å². The molecule has 4 nitrogen and oxygen atoms in total. The van der Waals surface area contributed by atoms with E-state index in [1.54, 1.807) is 12.1 Å². The second-order valence-electron chi connectivity index (χ2n) is 5.19. The molecule has 1 fully saturated rings. The zero-order chi connectivity index (χ0) is 12.5. The third-order valence-electron chi connectivity index (χ3n) is 2.63. The molecule has 0 unspecified atom stereocenters. The first-order valence-corrected chi connectivity index (χ1v) is 7.43. The van der Waals surface area contributed by atoms with E-state index in [0.717, 1.165) is 6.42 Å². The first-order chi connectivity index (χ1) is 7.89. The van der Waals surface area contributed by atoms with Crippen molar-refractivity contribution in [2.24, 2.45) is 0 Å². The Bertz CT molecular complexity index is 433. The number of hydrogen-bond donors (Lipinski definition) is 2. The van der Waals surface area contributed by atoms with E-state index in [4.69, 9.17) is 4.52 Å². The summed E-state index contributed by atoms with van der Waals surface area (Å²) in [4.78, 5) is 0. The van der Waals surface area contributed by atoms with Crippen LogP contribution in [0.4, 0.5) is 0 Å². The van der Waals surface area contributed by atoms with Crippen molar-refractivity contribution in [1.82, 2.24) is 10.2 Å². The molecule has 0 spiro atoms. The summed E-state index contributed by atoms with van der Waals surface area (Å²) >= 11 is 0. The molecule has 1 aliphatic rings. The smallest absolute Gasteiger partial charge is 0.391 e. The predicted octanol–water partition coefficient (Wildman–Crippen LogP) is 2.92. The number of benzene rings is 1. The number of para-hydroxylation sites is 1. The predicted molar refractivity (Wildman–Crippen MR) is 69.1 cm³/mol. The highest BCUT2D eigenvalue weighted by Gasteiger charge is 2.40. The van der Waals surface area contributed by atoms with E-state index in [-0.39, 0.29) is 11.6 Å². The van der Waals surface area contributed by atoms with Gasteiger partial charge >= 0.3 is 7.67 Å². The van der Waals surface area contributed by atoms with Crippen LogP contribution in [0.2, 0.25) is 0 Å². The third kappa shape index (κ3) is 3.32. The van der Waals surface area contributed by atoms with Gasteiger partial charge in [-0.25, -0.2) is 14.7 Å². The van der Waals surface area contributed by atoms with Crippen molar-refractivity contribution in [2.75, 3.05) is 0 Å². The molecule has 94 valence electrons. The van der Waals surface area contributed by atoms with Crippen molar-refractivity contribution < 1.29 is 9.09 Å². The van der Waals surface area contributed by atoms with Crippen LogP contribution in [0, 0.1) is 0 Å². The highest BCUT2D eigenvalue weighted by atomic mass is 31.2. The van der Waals surface area contributed by atoms with Crippen LogP contribution in [0.25, 0.3) is 0 Å². The first kappa shape index (κ1) is 12.6. The molecule has 2 atom stereocenters. The number of nitrogens with one attached hydrogen (secondary N) is 2. The van der Waals surface area contributed by atoms with Crippen LogP contribution in [-0.4, -0.2) is 11.6 Å². The van der Waals surface area contributed by atoms with E-state index in [1.807, 2.05) is 39.0 Å². The SMILES string of the molecule is C[C@H]1CC(C)(C)N[P@@](=O)(Oc2ccccc2)N1. The fourth-order valence-electron chi connectivity index (χ4n) is 2.26. The van der Waals surface area contributed by atoms with Gasteiger partial charge in [-0.2, -0.15) is 0 Å². The quantitative estimate of drug-likeness (QED) is 0.797. The molecule has 2 N–H and O–H groups in total. The van der Waals surface area contributed by atoms with Gasteiger partial charge in [-0.1, -0.05) is 18.2 Å². The van der Waals surface area contributed by atoms with Crippen LogP contribution in [0.3, 0.4) is 0 Å². The molecular weight excluding hydrogens is 235 g/mol. The summed E-state index contributed by atoms with van der Waals surface area (Å²) in [5.41, 5.74) is -0.186. The lowest BCUT2D eigenvalue weighted by molar-refractivity contribution is 0.313. The Labute approximate surface area is 102 Å². The molecule has 0 saturated carbocycles. The van der Waals surface area contributed by atoms with Gasteiger partial charge < -0.3 is 4.52 Å². The summed E-state index contributed by atoms with van der Waals surface area (Å²) in [5.74, 6) is 0.612. The standard InChI is InChI=1S/C12H19N2O2P/c1-10-9-12(2,3)14-17(15,13-10)16-11-7-5-4-6-8-11/h4-8,10H,9H2,1-3H3,(H2,13,14,15)/t10-,17-/m0/s1. The first-order valence-electron chi connectivity index (χ1n) is 5.80. The van der Waals surface area contributed by atoms with Gasteiger partial charge in [0.2, 0.25) is 0 Å². The largest absolute Gasteiger partial charge is 0.422 e. The molecule has 0 amide bonds. The van der Waals surface area contributed by atoms with Crippen molar-refractivity contribution in [3.63, 3.8) is 0 Å². The average molecular weight is 254 g/mol.